The zero-order valence-electron chi connectivity index (χ0n) is 7.99. The third kappa shape index (κ3) is 1.25. The fraction of sp³-hybridized carbons (Fsp3) is 0.364. The van der Waals surface area contributed by atoms with E-state index in [-0.39, 0.29) is 5.78 Å². The Balaban J connectivity index is 2.46. The van der Waals surface area contributed by atoms with Gasteiger partial charge < -0.3 is 9.84 Å². The SMILES string of the molecule is COC1(O)CCc2ccccc2C1=O. The molecule has 0 radical (unpaired) electrons. The summed E-state index contributed by atoms with van der Waals surface area (Å²) in [7, 11) is 1.35. The second-order valence-electron chi connectivity index (χ2n) is 3.47. The van der Waals surface area contributed by atoms with Crippen molar-refractivity contribution in [3.63, 3.8) is 0 Å². The van der Waals surface area contributed by atoms with E-state index in [1.807, 2.05) is 12.1 Å². The van der Waals surface area contributed by atoms with Crippen molar-refractivity contribution in [3.05, 3.63) is 35.4 Å². The molecule has 1 aromatic rings. The average molecular weight is 192 g/mol. The molecule has 74 valence electrons. The lowest BCUT2D eigenvalue weighted by Gasteiger charge is -2.30. The van der Waals surface area contributed by atoms with Gasteiger partial charge in [0.05, 0.1) is 0 Å². The quantitative estimate of drug-likeness (QED) is 0.679. The van der Waals surface area contributed by atoms with E-state index in [9.17, 15) is 9.90 Å². The van der Waals surface area contributed by atoms with Crippen LogP contribution < -0.4 is 0 Å². The molecule has 1 N–H and O–H groups in total. The van der Waals surface area contributed by atoms with Gasteiger partial charge >= 0.3 is 0 Å². The van der Waals surface area contributed by atoms with Gasteiger partial charge in [0.15, 0.2) is 0 Å². The smallest absolute Gasteiger partial charge is 0.231 e. The first-order chi connectivity index (χ1) is 6.67. The fourth-order valence-corrected chi connectivity index (χ4v) is 1.78. The van der Waals surface area contributed by atoms with Gasteiger partial charge in [-0.25, -0.2) is 0 Å². The van der Waals surface area contributed by atoms with Crippen molar-refractivity contribution in [2.75, 3.05) is 7.11 Å². The maximum atomic E-state index is 11.8. The van der Waals surface area contributed by atoms with E-state index in [0.717, 1.165) is 5.56 Å². The summed E-state index contributed by atoms with van der Waals surface area (Å²) in [4.78, 5) is 11.8. The molecule has 1 aliphatic carbocycles. The van der Waals surface area contributed by atoms with Crippen LogP contribution in [0.1, 0.15) is 22.3 Å². The van der Waals surface area contributed by atoms with Gasteiger partial charge in [0.25, 0.3) is 0 Å². The van der Waals surface area contributed by atoms with Crippen LogP contribution in [0.2, 0.25) is 0 Å². The summed E-state index contributed by atoms with van der Waals surface area (Å²) in [6, 6.07) is 7.31. The summed E-state index contributed by atoms with van der Waals surface area (Å²) >= 11 is 0. The average Bonchev–Trinajstić information content (AvgIpc) is 2.24. The monoisotopic (exact) mass is 192 g/mol. The third-order valence-corrected chi connectivity index (χ3v) is 2.69. The Bertz CT molecular complexity index is 373. The number of ether oxygens (including phenoxy) is 1. The number of fused-ring (bicyclic) bond motifs is 1. The minimum atomic E-state index is -1.62. The molecule has 0 saturated carbocycles. The molecule has 1 aromatic carbocycles. The van der Waals surface area contributed by atoms with Gasteiger partial charge in [0, 0.05) is 19.1 Å². The second kappa shape index (κ2) is 3.19. The van der Waals surface area contributed by atoms with Crippen molar-refractivity contribution in [2.24, 2.45) is 0 Å². The highest BCUT2D eigenvalue weighted by Crippen LogP contribution is 2.28. The lowest BCUT2D eigenvalue weighted by molar-refractivity contribution is -0.152. The number of Topliss-reactive ketones (excluding diaryl/α,β-unsaturated/α-hetero) is 1. The Labute approximate surface area is 82.3 Å². The third-order valence-electron chi connectivity index (χ3n) is 2.69. The van der Waals surface area contributed by atoms with E-state index in [4.69, 9.17) is 4.74 Å². The van der Waals surface area contributed by atoms with Crippen molar-refractivity contribution < 1.29 is 14.6 Å². The van der Waals surface area contributed by atoms with Crippen LogP contribution in [0.25, 0.3) is 0 Å². The molecule has 0 saturated heterocycles. The predicted molar refractivity (Wildman–Crippen MR) is 51.1 cm³/mol. The normalized spacial score (nSPS) is 26.0. The molecule has 1 aliphatic rings. The van der Waals surface area contributed by atoms with Gasteiger partial charge in [0.2, 0.25) is 11.6 Å². The molecule has 3 heteroatoms. The maximum Gasteiger partial charge on any atom is 0.231 e. The number of aryl methyl sites for hydroxylation is 1. The first-order valence-corrected chi connectivity index (χ1v) is 4.57. The van der Waals surface area contributed by atoms with Crippen LogP contribution in [0.3, 0.4) is 0 Å². The number of methoxy groups -OCH3 is 1. The van der Waals surface area contributed by atoms with Crippen LogP contribution in [-0.4, -0.2) is 23.8 Å². The Kier molecular flexibility index (Phi) is 2.13. The summed E-state index contributed by atoms with van der Waals surface area (Å²) in [5.74, 6) is -1.95. The lowest BCUT2D eigenvalue weighted by Crippen LogP contribution is -2.44. The molecule has 1 unspecified atom stereocenters. The number of aliphatic hydroxyl groups is 1. The van der Waals surface area contributed by atoms with Gasteiger partial charge in [-0.15, -0.1) is 0 Å². The van der Waals surface area contributed by atoms with Crippen molar-refractivity contribution in [2.45, 2.75) is 18.6 Å². The Hall–Kier alpha value is -1.19. The molecule has 0 amide bonds. The van der Waals surface area contributed by atoms with E-state index in [1.54, 1.807) is 12.1 Å². The number of hydrogen-bond acceptors (Lipinski definition) is 3. The fourth-order valence-electron chi connectivity index (χ4n) is 1.78. The van der Waals surface area contributed by atoms with Crippen LogP contribution in [-0.2, 0) is 11.2 Å². The Morgan fingerprint density at radius 1 is 1.43 bits per heavy atom. The molecule has 0 fully saturated rings. The van der Waals surface area contributed by atoms with Crippen LogP contribution in [0.5, 0.6) is 0 Å². The minimum absolute atomic E-state index is 0.332. The highest BCUT2D eigenvalue weighted by molar-refractivity contribution is 6.03. The van der Waals surface area contributed by atoms with E-state index < -0.39 is 5.79 Å². The van der Waals surface area contributed by atoms with Crippen molar-refractivity contribution in [3.8, 4) is 0 Å². The number of ketones is 1. The lowest BCUT2D eigenvalue weighted by atomic mass is 9.86. The number of rotatable bonds is 1. The van der Waals surface area contributed by atoms with Crippen LogP contribution in [0, 0.1) is 0 Å². The molecule has 3 nitrogen and oxygen atoms in total. The molecule has 0 heterocycles. The molecule has 0 bridgehead atoms. The Morgan fingerprint density at radius 2 is 2.14 bits per heavy atom. The summed E-state index contributed by atoms with van der Waals surface area (Å²) in [6.45, 7) is 0. The second-order valence-corrected chi connectivity index (χ2v) is 3.47. The van der Waals surface area contributed by atoms with E-state index >= 15 is 0 Å². The maximum absolute atomic E-state index is 11.8. The summed E-state index contributed by atoms with van der Waals surface area (Å²) < 4.78 is 4.85. The van der Waals surface area contributed by atoms with Crippen LogP contribution >= 0.6 is 0 Å². The summed E-state index contributed by atoms with van der Waals surface area (Å²) in [6.07, 6.45) is 1.01. The first-order valence-electron chi connectivity index (χ1n) is 4.57. The van der Waals surface area contributed by atoms with Crippen LogP contribution in [0.15, 0.2) is 24.3 Å². The first kappa shape index (κ1) is 9.37. The van der Waals surface area contributed by atoms with Gasteiger partial charge in [-0.1, -0.05) is 24.3 Å². The molecule has 0 aliphatic heterocycles. The number of benzene rings is 1. The number of carbonyl (C=O) groups excluding carboxylic acids is 1. The van der Waals surface area contributed by atoms with Gasteiger partial charge in [-0.05, 0) is 12.0 Å². The molecular weight excluding hydrogens is 180 g/mol. The van der Waals surface area contributed by atoms with Crippen molar-refractivity contribution >= 4 is 5.78 Å². The standard InChI is InChI=1S/C11H12O3/c1-14-11(13)7-6-8-4-2-3-5-9(8)10(11)12/h2-5,13H,6-7H2,1H3. The molecule has 1 atom stereocenters. The van der Waals surface area contributed by atoms with Gasteiger partial charge in [-0.3, -0.25) is 4.79 Å². The van der Waals surface area contributed by atoms with Gasteiger partial charge in [-0.2, -0.15) is 0 Å². The predicted octanol–water partition coefficient (Wildman–Crippen LogP) is 1.15. The zero-order chi connectivity index (χ0) is 10.2. The summed E-state index contributed by atoms with van der Waals surface area (Å²) in [5, 5.41) is 9.82. The highest BCUT2D eigenvalue weighted by Gasteiger charge is 2.40. The topological polar surface area (TPSA) is 46.5 Å². The van der Waals surface area contributed by atoms with E-state index in [2.05, 4.69) is 0 Å². The molecule has 0 spiro atoms. The van der Waals surface area contributed by atoms with E-state index in [0.29, 0.717) is 18.4 Å². The summed E-state index contributed by atoms with van der Waals surface area (Å²) in [5.41, 5.74) is 1.56. The number of carbonyl (C=O) groups is 1. The molecule has 0 aromatic heterocycles. The number of hydrogen-bond donors (Lipinski definition) is 1. The largest absolute Gasteiger partial charge is 0.359 e. The minimum Gasteiger partial charge on any atom is -0.359 e. The zero-order valence-corrected chi connectivity index (χ0v) is 7.99. The molecule has 2 rings (SSSR count). The molecular formula is C11H12O3. The van der Waals surface area contributed by atoms with Gasteiger partial charge in [0.1, 0.15) is 0 Å². The highest BCUT2D eigenvalue weighted by atomic mass is 16.6. The van der Waals surface area contributed by atoms with Crippen LogP contribution in [0.4, 0.5) is 0 Å². The van der Waals surface area contributed by atoms with E-state index in [1.165, 1.54) is 7.11 Å². The van der Waals surface area contributed by atoms with Crippen molar-refractivity contribution in [1.29, 1.82) is 0 Å². The molecule has 14 heavy (non-hydrogen) atoms. The van der Waals surface area contributed by atoms with Crippen molar-refractivity contribution in [1.82, 2.24) is 0 Å². The Morgan fingerprint density at radius 3 is 2.86 bits per heavy atom.